The molecule has 1 heterocycles. The highest BCUT2D eigenvalue weighted by molar-refractivity contribution is 7.13. The number of hydrogen-bond donors (Lipinski definition) is 3. The van der Waals surface area contributed by atoms with E-state index in [0.29, 0.717) is 11.7 Å². The lowest BCUT2D eigenvalue weighted by molar-refractivity contribution is -0.138. The number of anilines is 1. The van der Waals surface area contributed by atoms with Crippen LogP contribution in [0.2, 0.25) is 0 Å². The van der Waals surface area contributed by atoms with Crippen molar-refractivity contribution in [1.29, 1.82) is 0 Å². The number of thiazole rings is 1. The van der Waals surface area contributed by atoms with Gasteiger partial charge in [-0.2, -0.15) is 0 Å². The summed E-state index contributed by atoms with van der Waals surface area (Å²) in [5.74, 6) is -1.06. The molecule has 0 fully saturated rings. The lowest BCUT2D eigenvalue weighted by atomic mass is 9.88. The summed E-state index contributed by atoms with van der Waals surface area (Å²) in [6.45, 7) is 0. The molecular formula is C15H17N3O2S. The van der Waals surface area contributed by atoms with Crippen molar-refractivity contribution >= 4 is 22.4 Å². The number of rotatable bonds is 4. The van der Waals surface area contributed by atoms with Crippen LogP contribution in [0.4, 0.5) is 5.13 Å². The van der Waals surface area contributed by atoms with Crippen LogP contribution in [0.25, 0.3) is 0 Å². The van der Waals surface area contributed by atoms with Gasteiger partial charge in [-0.25, -0.2) is 4.98 Å². The summed E-state index contributed by atoms with van der Waals surface area (Å²) in [6, 6.07) is 7.76. The van der Waals surface area contributed by atoms with Crippen LogP contribution in [0.1, 0.15) is 29.3 Å². The zero-order valence-corrected chi connectivity index (χ0v) is 12.3. The summed E-state index contributed by atoms with van der Waals surface area (Å²) in [5, 5.41) is 14.7. The molecule has 5 nitrogen and oxygen atoms in total. The number of fused-ring (bicyclic) bond motifs is 1. The lowest BCUT2D eigenvalue weighted by Crippen LogP contribution is -2.27. The Bertz CT molecular complexity index is 656. The molecule has 3 rings (SSSR count). The first kappa shape index (κ1) is 14.0. The number of carboxylic acid groups (broad SMARTS) is 1. The molecule has 0 spiro atoms. The molecule has 0 amide bonds. The number of aromatic nitrogens is 1. The van der Waals surface area contributed by atoms with Gasteiger partial charge >= 0.3 is 5.97 Å². The van der Waals surface area contributed by atoms with Crippen LogP contribution in [-0.4, -0.2) is 22.1 Å². The molecule has 1 aromatic carbocycles. The maximum atomic E-state index is 10.9. The Morgan fingerprint density at radius 3 is 2.95 bits per heavy atom. The number of nitrogens with zero attached hydrogens (tertiary/aromatic N) is 1. The first-order valence-electron chi connectivity index (χ1n) is 6.90. The van der Waals surface area contributed by atoms with Crippen molar-refractivity contribution < 1.29 is 9.90 Å². The zero-order valence-electron chi connectivity index (χ0n) is 11.5. The van der Waals surface area contributed by atoms with Gasteiger partial charge in [0.2, 0.25) is 0 Å². The van der Waals surface area contributed by atoms with Crippen LogP contribution in [-0.2, 0) is 17.6 Å². The monoisotopic (exact) mass is 303 g/mol. The lowest BCUT2D eigenvalue weighted by Gasteiger charge is -2.25. The molecule has 2 atom stereocenters. The number of aryl methyl sites for hydroxylation is 1. The fraction of sp³-hybridized carbons (Fsp3) is 0.333. The van der Waals surface area contributed by atoms with E-state index in [9.17, 15) is 4.79 Å². The minimum Gasteiger partial charge on any atom is -0.480 e. The Balaban J connectivity index is 1.67. The Kier molecular flexibility index (Phi) is 3.90. The molecule has 110 valence electrons. The van der Waals surface area contributed by atoms with Crippen LogP contribution in [0.15, 0.2) is 29.6 Å². The molecule has 1 aliphatic rings. The van der Waals surface area contributed by atoms with Crippen molar-refractivity contribution in [3.8, 4) is 0 Å². The number of aliphatic carboxylic acids is 1. The number of benzene rings is 1. The summed E-state index contributed by atoms with van der Waals surface area (Å²) >= 11 is 1.40. The number of carboxylic acids is 1. The van der Waals surface area contributed by atoms with Crippen molar-refractivity contribution in [3.05, 3.63) is 46.5 Å². The summed E-state index contributed by atoms with van der Waals surface area (Å²) in [6.07, 6.45) is 3.08. The molecule has 2 unspecified atom stereocenters. The minimum absolute atomic E-state index is 0.333. The highest BCUT2D eigenvalue weighted by Gasteiger charge is 2.21. The third kappa shape index (κ3) is 3.06. The van der Waals surface area contributed by atoms with E-state index in [4.69, 9.17) is 10.8 Å². The van der Waals surface area contributed by atoms with Gasteiger partial charge < -0.3 is 16.2 Å². The third-order valence-electron chi connectivity index (χ3n) is 3.78. The fourth-order valence-corrected chi connectivity index (χ4v) is 3.44. The number of hydrogen-bond acceptors (Lipinski definition) is 5. The van der Waals surface area contributed by atoms with Gasteiger partial charge in [0.05, 0.1) is 5.69 Å². The van der Waals surface area contributed by atoms with Crippen LogP contribution in [0.3, 0.4) is 0 Å². The Morgan fingerprint density at radius 2 is 2.19 bits per heavy atom. The maximum absolute atomic E-state index is 10.9. The standard InChI is InChI=1S/C15H17N3O2S/c16-13(14(19)20)12-8-21-15(18-12)17-11-6-5-9-3-1-2-4-10(9)7-11/h1-4,8,11,13H,5-7,16H2,(H,17,18)(H,19,20). The second kappa shape index (κ2) is 5.83. The van der Waals surface area contributed by atoms with Crippen molar-refractivity contribution in [1.82, 2.24) is 4.98 Å². The zero-order chi connectivity index (χ0) is 14.8. The summed E-state index contributed by atoms with van der Waals surface area (Å²) in [5.41, 5.74) is 8.77. The van der Waals surface area contributed by atoms with Gasteiger partial charge in [0.15, 0.2) is 5.13 Å². The van der Waals surface area contributed by atoms with Gasteiger partial charge in [0.25, 0.3) is 0 Å². The molecule has 2 aromatic rings. The molecule has 0 saturated heterocycles. The smallest absolute Gasteiger partial charge is 0.326 e. The quantitative estimate of drug-likeness (QED) is 0.806. The average Bonchev–Trinajstić information content (AvgIpc) is 2.94. The molecule has 1 aliphatic carbocycles. The van der Waals surface area contributed by atoms with Gasteiger partial charge in [-0.3, -0.25) is 4.79 Å². The molecule has 0 aliphatic heterocycles. The molecule has 0 radical (unpaired) electrons. The predicted molar refractivity (Wildman–Crippen MR) is 82.6 cm³/mol. The Labute approximate surface area is 126 Å². The van der Waals surface area contributed by atoms with Crippen molar-refractivity contribution in [2.45, 2.75) is 31.3 Å². The summed E-state index contributed by atoms with van der Waals surface area (Å²) in [7, 11) is 0. The van der Waals surface area contributed by atoms with Gasteiger partial charge in [-0.1, -0.05) is 24.3 Å². The molecular weight excluding hydrogens is 286 g/mol. The number of carbonyl (C=O) groups is 1. The molecule has 0 bridgehead atoms. The highest BCUT2D eigenvalue weighted by atomic mass is 32.1. The Hall–Kier alpha value is -1.92. The van der Waals surface area contributed by atoms with E-state index in [1.807, 2.05) is 0 Å². The molecule has 21 heavy (non-hydrogen) atoms. The largest absolute Gasteiger partial charge is 0.480 e. The Morgan fingerprint density at radius 1 is 1.43 bits per heavy atom. The molecule has 1 aromatic heterocycles. The van der Waals surface area contributed by atoms with Crippen LogP contribution in [0, 0.1) is 0 Å². The van der Waals surface area contributed by atoms with Crippen LogP contribution < -0.4 is 11.1 Å². The second-order valence-electron chi connectivity index (χ2n) is 5.25. The average molecular weight is 303 g/mol. The molecule has 0 saturated carbocycles. The van der Waals surface area contributed by atoms with E-state index in [-0.39, 0.29) is 0 Å². The summed E-state index contributed by atoms with van der Waals surface area (Å²) in [4.78, 5) is 15.1. The van der Waals surface area contributed by atoms with Gasteiger partial charge in [0, 0.05) is 11.4 Å². The summed E-state index contributed by atoms with van der Waals surface area (Å²) < 4.78 is 0. The van der Waals surface area contributed by atoms with E-state index < -0.39 is 12.0 Å². The third-order valence-corrected chi connectivity index (χ3v) is 4.57. The molecule has 6 heteroatoms. The van der Waals surface area contributed by atoms with Gasteiger partial charge in [0.1, 0.15) is 6.04 Å². The normalized spacial score (nSPS) is 18.8. The van der Waals surface area contributed by atoms with Gasteiger partial charge in [-0.15, -0.1) is 11.3 Å². The van der Waals surface area contributed by atoms with Crippen LogP contribution >= 0.6 is 11.3 Å². The second-order valence-corrected chi connectivity index (χ2v) is 6.10. The molecule has 4 N–H and O–H groups in total. The number of nitrogens with two attached hydrogens (primary N) is 1. The van der Waals surface area contributed by atoms with Crippen LogP contribution in [0.5, 0.6) is 0 Å². The van der Waals surface area contributed by atoms with Crippen molar-refractivity contribution in [2.75, 3.05) is 5.32 Å². The van der Waals surface area contributed by atoms with E-state index >= 15 is 0 Å². The van der Waals surface area contributed by atoms with Crippen molar-refractivity contribution in [2.24, 2.45) is 5.73 Å². The van der Waals surface area contributed by atoms with E-state index in [1.54, 1.807) is 5.38 Å². The predicted octanol–water partition coefficient (Wildman–Crippen LogP) is 2.20. The topological polar surface area (TPSA) is 88.2 Å². The van der Waals surface area contributed by atoms with E-state index in [0.717, 1.165) is 24.4 Å². The highest BCUT2D eigenvalue weighted by Crippen LogP contribution is 2.26. The first-order chi connectivity index (χ1) is 10.1. The van der Waals surface area contributed by atoms with E-state index in [1.165, 1.54) is 22.5 Å². The number of nitrogens with one attached hydrogen (secondary N) is 1. The SMILES string of the molecule is NC(C(=O)O)c1csc(NC2CCc3ccccc3C2)n1. The minimum atomic E-state index is -1.06. The van der Waals surface area contributed by atoms with E-state index in [2.05, 4.69) is 34.6 Å². The van der Waals surface area contributed by atoms with Crippen molar-refractivity contribution in [3.63, 3.8) is 0 Å². The fourth-order valence-electron chi connectivity index (χ4n) is 2.62. The van der Waals surface area contributed by atoms with Gasteiger partial charge in [-0.05, 0) is 30.4 Å². The maximum Gasteiger partial charge on any atom is 0.326 e. The first-order valence-corrected chi connectivity index (χ1v) is 7.78.